The van der Waals surface area contributed by atoms with Crippen molar-refractivity contribution in [1.82, 2.24) is 5.32 Å². The van der Waals surface area contributed by atoms with Gasteiger partial charge in [-0.1, -0.05) is 19.8 Å². The number of hydrogen-bond acceptors (Lipinski definition) is 4. The van der Waals surface area contributed by atoms with Crippen LogP contribution in [0.4, 0.5) is 0 Å². The van der Waals surface area contributed by atoms with E-state index < -0.39 is 15.9 Å². The van der Waals surface area contributed by atoms with Gasteiger partial charge in [0.2, 0.25) is 10.0 Å². The number of furan rings is 1. The number of halogens is 1. The van der Waals surface area contributed by atoms with Gasteiger partial charge in [-0.25, -0.2) is 13.6 Å². The van der Waals surface area contributed by atoms with Crippen molar-refractivity contribution in [3.8, 4) is 0 Å². The number of nitrogens with one attached hydrogen (secondary N) is 1. The number of primary sulfonamides is 1. The summed E-state index contributed by atoms with van der Waals surface area (Å²) < 4.78 is 27.6. The highest BCUT2D eigenvalue weighted by molar-refractivity contribution is 9.10. The minimum absolute atomic E-state index is 0.0552. The highest BCUT2D eigenvalue weighted by Gasteiger charge is 2.27. The molecule has 1 aromatic heterocycles. The molecular formula is C12H17BrN2O4S. The molecule has 6 nitrogen and oxygen atoms in total. The number of sulfonamides is 1. The Morgan fingerprint density at radius 1 is 1.60 bits per heavy atom. The first kappa shape index (κ1) is 15.5. The lowest BCUT2D eigenvalue weighted by Gasteiger charge is -2.15. The van der Waals surface area contributed by atoms with Crippen LogP contribution in [0.1, 0.15) is 43.2 Å². The summed E-state index contributed by atoms with van der Waals surface area (Å²) in [5.74, 6) is 0.215. The van der Waals surface area contributed by atoms with Crippen molar-refractivity contribution < 1.29 is 17.6 Å². The molecule has 1 aliphatic rings. The second-order valence-corrected chi connectivity index (χ2v) is 7.30. The Kier molecular flexibility index (Phi) is 4.55. The topological polar surface area (TPSA) is 102 Å². The van der Waals surface area contributed by atoms with E-state index in [9.17, 15) is 13.2 Å². The van der Waals surface area contributed by atoms with Crippen LogP contribution < -0.4 is 10.5 Å². The lowest BCUT2D eigenvalue weighted by atomic mass is 10.1. The summed E-state index contributed by atoms with van der Waals surface area (Å²) in [6, 6.07) is 1.22. The van der Waals surface area contributed by atoms with Crippen molar-refractivity contribution in [2.45, 2.75) is 43.5 Å². The Hall–Kier alpha value is -0.860. The Morgan fingerprint density at radius 2 is 2.25 bits per heavy atom. The van der Waals surface area contributed by atoms with E-state index >= 15 is 0 Å². The maximum atomic E-state index is 12.0. The Morgan fingerprint density at radius 3 is 2.70 bits per heavy atom. The van der Waals surface area contributed by atoms with Gasteiger partial charge in [0, 0.05) is 12.1 Å². The molecule has 0 bridgehead atoms. The van der Waals surface area contributed by atoms with Gasteiger partial charge in [0.1, 0.15) is 4.90 Å². The zero-order chi connectivity index (χ0) is 14.9. The number of rotatable bonds is 6. The quantitative estimate of drug-likeness (QED) is 0.805. The number of hydrogen-bond donors (Lipinski definition) is 2. The highest BCUT2D eigenvalue weighted by Crippen LogP contribution is 2.34. The fraction of sp³-hybridized carbons (Fsp3) is 0.583. The van der Waals surface area contributed by atoms with E-state index in [1.807, 2.05) is 6.92 Å². The van der Waals surface area contributed by atoms with Gasteiger partial charge in [0.25, 0.3) is 5.91 Å². The van der Waals surface area contributed by atoms with Crippen LogP contribution in [0.2, 0.25) is 0 Å². The van der Waals surface area contributed by atoms with Crippen molar-refractivity contribution in [2.24, 2.45) is 11.1 Å². The summed E-state index contributed by atoms with van der Waals surface area (Å²) in [6.07, 6.45) is 4.21. The van der Waals surface area contributed by atoms with Crippen molar-refractivity contribution >= 4 is 31.9 Å². The standard InChI is InChI=1S/C12H17BrN2O4S/c1-2-8(5-7-3-4-7)15-12(16)9-6-10(11(13)19-9)20(14,17)18/h6-8H,2-5H2,1H3,(H,15,16)(H2,14,17,18). The molecule has 1 aromatic rings. The summed E-state index contributed by atoms with van der Waals surface area (Å²) in [5, 5.41) is 7.88. The largest absolute Gasteiger partial charge is 0.443 e. The van der Waals surface area contributed by atoms with Crippen LogP contribution in [-0.2, 0) is 10.0 Å². The van der Waals surface area contributed by atoms with Gasteiger partial charge >= 0.3 is 0 Å². The molecule has 0 aliphatic heterocycles. The van der Waals surface area contributed by atoms with Gasteiger partial charge in [-0.3, -0.25) is 4.79 Å². The van der Waals surface area contributed by atoms with Crippen LogP contribution in [0.25, 0.3) is 0 Å². The predicted molar refractivity (Wildman–Crippen MR) is 76.7 cm³/mol. The molecule has 1 aliphatic carbocycles. The Balaban J connectivity index is 2.08. The molecule has 3 N–H and O–H groups in total. The summed E-state index contributed by atoms with van der Waals surface area (Å²) >= 11 is 2.95. The first-order valence-electron chi connectivity index (χ1n) is 6.44. The van der Waals surface area contributed by atoms with E-state index in [-0.39, 0.29) is 21.4 Å². The zero-order valence-electron chi connectivity index (χ0n) is 11.1. The lowest BCUT2D eigenvalue weighted by Crippen LogP contribution is -2.34. The van der Waals surface area contributed by atoms with E-state index in [1.54, 1.807) is 0 Å². The average Bonchev–Trinajstić information content (AvgIpc) is 3.06. The summed E-state index contributed by atoms with van der Waals surface area (Å²) in [4.78, 5) is 11.8. The van der Waals surface area contributed by atoms with Crippen LogP contribution in [-0.4, -0.2) is 20.4 Å². The number of nitrogens with two attached hydrogens (primary N) is 1. The normalized spacial score (nSPS) is 16.9. The molecule has 1 unspecified atom stereocenters. The van der Waals surface area contributed by atoms with Gasteiger partial charge in [-0.2, -0.15) is 0 Å². The van der Waals surface area contributed by atoms with E-state index in [2.05, 4.69) is 21.2 Å². The molecule has 8 heteroatoms. The van der Waals surface area contributed by atoms with Crippen molar-refractivity contribution in [1.29, 1.82) is 0 Å². The van der Waals surface area contributed by atoms with E-state index in [0.29, 0.717) is 5.92 Å². The third-order valence-electron chi connectivity index (χ3n) is 3.33. The van der Waals surface area contributed by atoms with Crippen LogP contribution in [0, 0.1) is 5.92 Å². The number of carbonyl (C=O) groups is 1. The number of carbonyl (C=O) groups excluding carboxylic acids is 1. The van der Waals surface area contributed by atoms with Gasteiger partial charge in [-0.05, 0) is 34.7 Å². The van der Waals surface area contributed by atoms with Crippen LogP contribution in [0.15, 0.2) is 20.0 Å². The molecule has 1 saturated carbocycles. The average molecular weight is 365 g/mol. The van der Waals surface area contributed by atoms with E-state index in [0.717, 1.165) is 18.9 Å². The Bertz CT molecular complexity index is 607. The molecule has 1 fully saturated rings. The molecule has 0 saturated heterocycles. The fourth-order valence-electron chi connectivity index (χ4n) is 2.00. The minimum atomic E-state index is -3.91. The first-order valence-corrected chi connectivity index (χ1v) is 8.78. The molecule has 0 spiro atoms. The highest BCUT2D eigenvalue weighted by atomic mass is 79.9. The monoisotopic (exact) mass is 364 g/mol. The third-order valence-corrected chi connectivity index (χ3v) is 5.10. The smallest absolute Gasteiger partial charge is 0.287 e. The summed E-state index contributed by atoms with van der Waals surface area (Å²) in [7, 11) is -3.91. The maximum absolute atomic E-state index is 12.0. The molecule has 0 aromatic carbocycles. The van der Waals surface area contributed by atoms with E-state index in [1.165, 1.54) is 12.8 Å². The van der Waals surface area contributed by atoms with E-state index in [4.69, 9.17) is 9.56 Å². The van der Waals surface area contributed by atoms with Crippen molar-refractivity contribution in [3.05, 3.63) is 16.5 Å². The third kappa shape index (κ3) is 3.83. The second-order valence-electron chi connectivity index (χ2n) is 5.05. The molecule has 1 heterocycles. The molecule has 112 valence electrons. The second kappa shape index (κ2) is 5.87. The van der Waals surface area contributed by atoms with Crippen molar-refractivity contribution in [3.63, 3.8) is 0 Å². The van der Waals surface area contributed by atoms with Gasteiger partial charge in [0.15, 0.2) is 10.4 Å². The van der Waals surface area contributed by atoms with Crippen LogP contribution >= 0.6 is 15.9 Å². The van der Waals surface area contributed by atoms with Gasteiger partial charge in [0.05, 0.1) is 0 Å². The van der Waals surface area contributed by atoms with Gasteiger partial charge in [-0.15, -0.1) is 0 Å². The summed E-state index contributed by atoms with van der Waals surface area (Å²) in [6.45, 7) is 2.00. The molecule has 1 amide bonds. The SMILES string of the molecule is CCC(CC1CC1)NC(=O)c1cc(S(N)(=O)=O)c(Br)o1. The molecule has 0 radical (unpaired) electrons. The lowest BCUT2D eigenvalue weighted by molar-refractivity contribution is 0.0903. The first-order chi connectivity index (χ1) is 9.31. The number of amides is 1. The predicted octanol–water partition coefficient (Wildman–Crippen LogP) is 2.00. The fourth-order valence-corrected chi connectivity index (χ4v) is 3.50. The van der Waals surface area contributed by atoms with Crippen LogP contribution in [0.3, 0.4) is 0 Å². The molecule has 20 heavy (non-hydrogen) atoms. The molecule has 2 rings (SSSR count). The summed E-state index contributed by atoms with van der Waals surface area (Å²) in [5.41, 5.74) is 0. The van der Waals surface area contributed by atoms with Crippen molar-refractivity contribution in [2.75, 3.05) is 0 Å². The van der Waals surface area contributed by atoms with Crippen LogP contribution in [0.5, 0.6) is 0 Å². The van der Waals surface area contributed by atoms with Gasteiger partial charge < -0.3 is 9.73 Å². The molecule has 1 atom stereocenters. The maximum Gasteiger partial charge on any atom is 0.287 e. The molecular weight excluding hydrogens is 348 g/mol. The zero-order valence-corrected chi connectivity index (χ0v) is 13.5. The Labute approximate surface area is 126 Å². The minimum Gasteiger partial charge on any atom is -0.443 e.